The Hall–Kier alpha value is -4.29. The molecule has 0 unspecified atom stereocenters. The van der Waals surface area contributed by atoms with E-state index in [2.05, 4.69) is 10.6 Å². The van der Waals surface area contributed by atoms with Gasteiger partial charge in [-0.25, -0.2) is 4.79 Å². The van der Waals surface area contributed by atoms with Crippen molar-refractivity contribution < 1.29 is 37.3 Å². The number of benzene rings is 3. The van der Waals surface area contributed by atoms with Crippen LogP contribution in [0.3, 0.4) is 0 Å². The number of halogens is 3. The fourth-order valence-corrected chi connectivity index (χ4v) is 5.00. The lowest BCUT2D eigenvalue weighted by Gasteiger charge is -2.38. The van der Waals surface area contributed by atoms with Gasteiger partial charge in [0.25, 0.3) is 5.91 Å². The van der Waals surface area contributed by atoms with Gasteiger partial charge in [-0.15, -0.1) is 0 Å². The van der Waals surface area contributed by atoms with E-state index < -0.39 is 29.9 Å². The summed E-state index contributed by atoms with van der Waals surface area (Å²) in [7, 11) is 3.38. The first-order valence-electron chi connectivity index (χ1n) is 14.2. The molecular weight excluding hydrogens is 577 g/mol. The molecule has 3 aromatic rings. The molecule has 0 radical (unpaired) electrons. The van der Waals surface area contributed by atoms with E-state index in [4.69, 9.17) is 9.47 Å². The Morgan fingerprint density at radius 2 is 1.80 bits per heavy atom. The molecule has 3 amide bonds. The molecule has 4 rings (SSSR count). The number of nitrogens with one attached hydrogen (secondary N) is 2. The van der Waals surface area contributed by atoms with E-state index in [1.165, 1.54) is 12.1 Å². The monoisotopic (exact) mass is 614 g/mol. The van der Waals surface area contributed by atoms with Crippen molar-refractivity contribution in [1.82, 2.24) is 9.80 Å². The van der Waals surface area contributed by atoms with Crippen molar-refractivity contribution in [3.05, 3.63) is 83.4 Å². The normalized spacial score (nSPS) is 17.7. The molecule has 12 heteroatoms. The van der Waals surface area contributed by atoms with E-state index in [0.29, 0.717) is 36.6 Å². The summed E-state index contributed by atoms with van der Waals surface area (Å²) in [6, 6.07) is 15.7. The van der Waals surface area contributed by atoms with Gasteiger partial charge in [0.1, 0.15) is 11.9 Å². The number of likely N-dealkylation sites (N-methyl/N-ethyl adjacent to an activating group) is 1. The molecule has 3 atom stereocenters. The van der Waals surface area contributed by atoms with E-state index >= 15 is 0 Å². The number of nitrogens with zero attached hydrogens (tertiary/aromatic N) is 2. The lowest BCUT2D eigenvalue weighted by Crippen LogP contribution is -2.49. The minimum atomic E-state index is -4.41. The van der Waals surface area contributed by atoms with Crippen LogP contribution in [0.5, 0.6) is 11.5 Å². The Morgan fingerprint density at radius 3 is 2.41 bits per heavy atom. The predicted molar refractivity (Wildman–Crippen MR) is 161 cm³/mol. The minimum Gasteiger partial charge on any atom is -0.497 e. The van der Waals surface area contributed by atoms with Crippen molar-refractivity contribution >= 4 is 23.3 Å². The molecule has 1 heterocycles. The highest BCUT2D eigenvalue weighted by molar-refractivity contribution is 6.04. The molecule has 0 fully saturated rings. The molecule has 0 aliphatic carbocycles. The first kappa shape index (κ1) is 32.6. The van der Waals surface area contributed by atoms with Crippen LogP contribution in [0, 0.1) is 5.92 Å². The molecule has 0 spiro atoms. The topological polar surface area (TPSA) is 103 Å². The van der Waals surface area contributed by atoms with E-state index in [1.807, 2.05) is 18.9 Å². The Bertz CT molecular complexity index is 1430. The van der Waals surface area contributed by atoms with Gasteiger partial charge in [-0.1, -0.05) is 25.1 Å². The summed E-state index contributed by atoms with van der Waals surface area (Å²) in [6.07, 6.45) is -4.89. The zero-order valence-electron chi connectivity index (χ0n) is 25.0. The van der Waals surface area contributed by atoms with Crippen molar-refractivity contribution in [2.24, 2.45) is 5.92 Å². The number of aliphatic hydroxyl groups is 1. The largest absolute Gasteiger partial charge is 0.497 e. The maximum absolute atomic E-state index is 13.7. The van der Waals surface area contributed by atoms with Crippen molar-refractivity contribution in [2.75, 3.05) is 44.5 Å². The number of methoxy groups -OCH3 is 1. The molecule has 0 bridgehead atoms. The van der Waals surface area contributed by atoms with Crippen LogP contribution in [0.25, 0.3) is 0 Å². The van der Waals surface area contributed by atoms with Crippen molar-refractivity contribution in [1.29, 1.82) is 0 Å². The summed E-state index contributed by atoms with van der Waals surface area (Å²) in [5.74, 6) is 0.274. The number of fused-ring (bicyclic) bond motifs is 1. The highest BCUT2D eigenvalue weighted by Crippen LogP contribution is 2.35. The number of alkyl halides is 3. The van der Waals surface area contributed by atoms with Gasteiger partial charge in [0.2, 0.25) is 0 Å². The van der Waals surface area contributed by atoms with Crippen LogP contribution < -0.4 is 20.1 Å². The third-order valence-corrected chi connectivity index (χ3v) is 7.51. The molecule has 9 nitrogen and oxygen atoms in total. The Kier molecular flexibility index (Phi) is 10.4. The summed E-state index contributed by atoms with van der Waals surface area (Å²) >= 11 is 0. The average Bonchev–Trinajstić information content (AvgIpc) is 2.99. The Labute approximate surface area is 254 Å². The van der Waals surface area contributed by atoms with E-state index in [0.717, 1.165) is 12.1 Å². The summed E-state index contributed by atoms with van der Waals surface area (Å²) in [5.41, 5.74) is 1.02. The van der Waals surface area contributed by atoms with Gasteiger partial charge in [-0.05, 0) is 68.1 Å². The summed E-state index contributed by atoms with van der Waals surface area (Å²) in [5, 5.41) is 15.5. The molecule has 1 aliphatic rings. The number of amides is 3. The molecule has 0 aromatic heterocycles. The standard InChI is InChI=1S/C32H37F3N4O5/c1-20-16-39(21(2)19-40)30(41)26-6-5-7-27(37-31(42)36-24-12-14-25(43-4)15-13-24)29(26)44-28(20)18-38(3)17-22-8-10-23(11-9-22)32(33,34)35/h5-15,20-21,28,40H,16-19H2,1-4H3,(H2,36,37,42)/t20-,21+,28+/m1/s1. The number of carbonyl (C=O) groups excluding carboxylic acids is 2. The summed E-state index contributed by atoms with van der Waals surface area (Å²) in [4.78, 5) is 30.2. The van der Waals surface area contributed by atoms with Gasteiger partial charge < -0.3 is 30.1 Å². The van der Waals surface area contributed by atoms with Gasteiger partial charge in [-0.2, -0.15) is 13.2 Å². The molecular formula is C32H37F3N4O5. The SMILES string of the molecule is COc1ccc(NC(=O)Nc2cccc3c2O[C@@H](CN(C)Cc2ccc(C(F)(F)F)cc2)[C@H](C)CN([C@@H](C)CO)C3=O)cc1. The van der Waals surface area contributed by atoms with Gasteiger partial charge >= 0.3 is 12.2 Å². The van der Waals surface area contributed by atoms with E-state index in [1.54, 1.807) is 61.4 Å². The number of aliphatic hydroxyl groups excluding tert-OH is 1. The van der Waals surface area contributed by atoms with Gasteiger partial charge in [0.15, 0.2) is 5.75 Å². The zero-order valence-corrected chi connectivity index (χ0v) is 25.0. The van der Waals surface area contributed by atoms with Crippen molar-refractivity contribution in [3.8, 4) is 11.5 Å². The predicted octanol–water partition coefficient (Wildman–Crippen LogP) is 5.71. The molecule has 1 aliphatic heterocycles. The molecule has 236 valence electrons. The quantitative estimate of drug-likeness (QED) is 0.285. The number of hydrogen-bond donors (Lipinski definition) is 3. The molecule has 3 N–H and O–H groups in total. The molecule has 3 aromatic carbocycles. The van der Waals surface area contributed by atoms with E-state index in [-0.39, 0.29) is 35.4 Å². The van der Waals surface area contributed by atoms with Crippen LogP contribution >= 0.6 is 0 Å². The second-order valence-corrected chi connectivity index (χ2v) is 11.0. The first-order valence-corrected chi connectivity index (χ1v) is 14.2. The fourth-order valence-electron chi connectivity index (χ4n) is 5.00. The number of rotatable bonds is 9. The number of ether oxygens (including phenoxy) is 2. The fraction of sp³-hybridized carbons (Fsp3) is 0.375. The van der Waals surface area contributed by atoms with E-state index in [9.17, 15) is 27.9 Å². The maximum atomic E-state index is 13.7. The van der Waals surface area contributed by atoms with Crippen LogP contribution in [0.4, 0.5) is 29.3 Å². The third-order valence-electron chi connectivity index (χ3n) is 7.51. The number of para-hydroxylation sites is 1. The second-order valence-electron chi connectivity index (χ2n) is 11.0. The summed E-state index contributed by atoms with van der Waals surface area (Å²) < 4.78 is 50.7. The van der Waals surface area contributed by atoms with Crippen LogP contribution in [-0.2, 0) is 12.7 Å². The maximum Gasteiger partial charge on any atom is 0.416 e. The lowest BCUT2D eigenvalue weighted by atomic mass is 9.98. The summed E-state index contributed by atoms with van der Waals surface area (Å²) in [6.45, 7) is 4.46. The number of urea groups is 1. The van der Waals surface area contributed by atoms with Gasteiger partial charge in [-0.3, -0.25) is 9.69 Å². The smallest absolute Gasteiger partial charge is 0.416 e. The highest BCUT2D eigenvalue weighted by Gasteiger charge is 2.35. The van der Waals surface area contributed by atoms with Crippen LogP contribution in [0.1, 0.15) is 35.3 Å². The first-order chi connectivity index (χ1) is 20.9. The third kappa shape index (κ3) is 8.00. The minimum absolute atomic E-state index is 0.192. The molecule has 44 heavy (non-hydrogen) atoms. The number of hydrogen-bond acceptors (Lipinski definition) is 6. The van der Waals surface area contributed by atoms with Gasteiger partial charge in [0.05, 0.1) is 36.6 Å². The number of carbonyl (C=O) groups is 2. The zero-order chi connectivity index (χ0) is 32.0. The van der Waals surface area contributed by atoms with Crippen LogP contribution in [-0.4, -0.2) is 72.8 Å². The van der Waals surface area contributed by atoms with Crippen molar-refractivity contribution in [2.45, 2.75) is 38.7 Å². The van der Waals surface area contributed by atoms with Crippen molar-refractivity contribution in [3.63, 3.8) is 0 Å². The second kappa shape index (κ2) is 14.0. The van der Waals surface area contributed by atoms with Crippen LogP contribution in [0.15, 0.2) is 66.7 Å². The Morgan fingerprint density at radius 1 is 1.11 bits per heavy atom. The lowest BCUT2D eigenvalue weighted by molar-refractivity contribution is -0.137. The highest BCUT2D eigenvalue weighted by atomic mass is 19.4. The average molecular weight is 615 g/mol. The van der Waals surface area contributed by atoms with Gasteiger partial charge in [0, 0.05) is 31.2 Å². The number of anilines is 2. The Balaban J connectivity index is 1.59. The molecule has 0 saturated heterocycles. The van der Waals surface area contributed by atoms with Crippen LogP contribution in [0.2, 0.25) is 0 Å². The molecule has 0 saturated carbocycles.